The highest BCUT2D eigenvalue weighted by Crippen LogP contribution is 2.14. The van der Waals surface area contributed by atoms with Gasteiger partial charge in [0.2, 0.25) is 0 Å². The Hall–Kier alpha value is -1.39. The third-order valence-electron chi connectivity index (χ3n) is 1.67. The van der Waals surface area contributed by atoms with Gasteiger partial charge in [-0.15, -0.1) is 0 Å². The summed E-state index contributed by atoms with van der Waals surface area (Å²) < 4.78 is 14.1. The van der Waals surface area contributed by atoms with Crippen molar-refractivity contribution in [1.82, 2.24) is 9.78 Å². The number of hydrogen-bond donors (Lipinski definition) is 1. The molecule has 0 fully saturated rings. The summed E-state index contributed by atoms with van der Waals surface area (Å²) in [5, 5.41) is 12.2. The Kier molecular flexibility index (Phi) is 3.00. The maximum Gasteiger partial charge on any atom is 0.305 e. The quantitative estimate of drug-likeness (QED) is 0.773. The Morgan fingerprint density at radius 3 is 3.00 bits per heavy atom. The van der Waals surface area contributed by atoms with Crippen LogP contribution in [0.15, 0.2) is 12.4 Å². The van der Waals surface area contributed by atoms with Crippen LogP contribution in [0.2, 0.25) is 0 Å². The molecule has 0 amide bonds. The summed E-state index contributed by atoms with van der Waals surface area (Å²) in [4.78, 5) is 10.2. The first kappa shape index (κ1) is 9.70. The van der Waals surface area contributed by atoms with Crippen molar-refractivity contribution < 1.29 is 14.3 Å². The first-order valence-electron chi connectivity index (χ1n) is 3.98. The SMILES string of the molecule is CC(F)c1cnn(CCC(=O)O)c1. The molecule has 1 atom stereocenters. The number of aromatic nitrogens is 2. The number of halogens is 1. The van der Waals surface area contributed by atoms with Crippen LogP contribution in [0.1, 0.15) is 25.1 Å². The van der Waals surface area contributed by atoms with Gasteiger partial charge >= 0.3 is 5.97 Å². The van der Waals surface area contributed by atoms with Crippen molar-refractivity contribution in [3.63, 3.8) is 0 Å². The molecule has 1 aromatic heterocycles. The van der Waals surface area contributed by atoms with Gasteiger partial charge in [0.25, 0.3) is 0 Å². The average Bonchev–Trinajstić information content (AvgIpc) is 2.48. The van der Waals surface area contributed by atoms with Gasteiger partial charge in [-0.2, -0.15) is 5.10 Å². The van der Waals surface area contributed by atoms with Crippen molar-refractivity contribution in [3.8, 4) is 0 Å². The maximum absolute atomic E-state index is 12.7. The molecule has 0 aromatic carbocycles. The summed E-state index contributed by atoms with van der Waals surface area (Å²) in [5.74, 6) is -0.884. The molecular weight excluding hydrogens is 175 g/mol. The van der Waals surface area contributed by atoms with Crippen LogP contribution >= 0.6 is 0 Å². The van der Waals surface area contributed by atoms with Crippen molar-refractivity contribution in [1.29, 1.82) is 0 Å². The van der Waals surface area contributed by atoms with Crippen molar-refractivity contribution in [2.75, 3.05) is 0 Å². The van der Waals surface area contributed by atoms with Gasteiger partial charge in [-0.3, -0.25) is 9.48 Å². The van der Waals surface area contributed by atoms with E-state index in [1.54, 1.807) is 0 Å². The Labute approximate surface area is 75.0 Å². The number of carbonyl (C=O) groups is 1. The van der Waals surface area contributed by atoms with E-state index in [2.05, 4.69) is 5.10 Å². The third kappa shape index (κ3) is 2.85. The van der Waals surface area contributed by atoms with Crippen molar-refractivity contribution in [2.24, 2.45) is 0 Å². The largest absolute Gasteiger partial charge is 0.481 e. The van der Waals surface area contributed by atoms with E-state index in [0.29, 0.717) is 5.56 Å². The molecule has 72 valence electrons. The van der Waals surface area contributed by atoms with Crippen LogP contribution in [0.3, 0.4) is 0 Å². The molecule has 1 rings (SSSR count). The number of carboxylic acid groups (broad SMARTS) is 1. The van der Waals surface area contributed by atoms with Gasteiger partial charge in [-0.25, -0.2) is 4.39 Å². The minimum absolute atomic E-state index is 0.00177. The molecule has 4 nitrogen and oxygen atoms in total. The second kappa shape index (κ2) is 4.02. The Morgan fingerprint density at radius 2 is 2.54 bits per heavy atom. The molecule has 13 heavy (non-hydrogen) atoms. The van der Waals surface area contributed by atoms with E-state index in [1.165, 1.54) is 24.0 Å². The predicted molar refractivity (Wildman–Crippen MR) is 44.0 cm³/mol. The van der Waals surface area contributed by atoms with Crippen LogP contribution in [-0.2, 0) is 11.3 Å². The van der Waals surface area contributed by atoms with E-state index in [1.807, 2.05) is 0 Å². The zero-order valence-corrected chi connectivity index (χ0v) is 7.27. The minimum Gasteiger partial charge on any atom is -0.481 e. The molecule has 0 aliphatic rings. The zero-order chi connectivity index (χ0) is 9.84. The van der Waals surface area contributed by atoms with Crippen LogP contribution in [-0.4, -0.2) is 20.9 Å². The molecule has 0 radical (unpaired) electrons. The number of aliphatic carboxylic acids is 1. The minimum atomic E-state index is -1.06. The molecular formula is C8H11FN2O2. The lowest BCUT2D eigenvalue weighted by Gasteiger charge is -1.97. The summed E-state index contributed by atoms with van der Waals surface area (Å²) in [7, 11) is 0. The number of hydrogen-bond acceptors (Lipinski definition) is 2. The van der Waals surface area contributed by atoms with Crippen molar-refractivity contribution in [2.45, 2.75) is 26.1 Å². The van der Waals surface area contributed by atoms with E-state index < -0.39 is 12.1 Å². The number of alkyl halides is 1. The molecule has 0 aliphatic carbocycles. The first-order chi connectivity index (χ1) is 6.09. The number of aryl methyl sites for hydroxylation is 1. The highest BCUT2D eigenvalue weighted by atomic mass is 19.1. The van der Waals surface area contributed by atoms with Gasteiger partial charge in [0.15, 0.2) is 0 Å². The summed E-state index contributed by atoms with van der Waals surface area (Å²) in [5.41, 5.74) is 0.477. The van der Waals surface area contributed by atoms with E-state index in [0.717, 1.165) is 0 Å². The summed E-state index contributed by atoms with van der Waals surface area (Å²) in [6, 6.07) is 0. The fourth-order valence-electron chi connectivity index (χ4n) is 0.917. The van der Waals surface area contributed by atoms with Crippen LogP contribution in [0, 0.1) is 0 Å². The third-order valence-corrected chi connectivity index (χ3v) is 1.67. The molecule has 1 unspecified atom stereocenters. The molecule has 1 aromatic rings. The Balaban J connectivity index is 2.54. The number of rotatable bonds is 4. The van der Waals surface area contributed by atoms with Gasteiger partial charge in [0.1, 0.15) is 6.17 Å². The van der Waals surface area contributed by atoms with E-state index >= 15 is 0 Å². The monoisotopic (exact) mass is 186 g/mol. The highest BCUT2D eigenvalue weighted by molar-refractivity contribution is 5.66. The second-order valence-electron chi connectivity index (χ2n) is 2.80. The van der Waals surface area contributed by atoms with Crippen LogP contribution in [0.4, 0.5) is 4.39 Å². The topological polar surface area (TPSA) is 55.1 Å². The molecule has 1 N–H and O–H groups in total. The summed E-state index contributed by atoms with van der Waals surface area (Å²) >= 11 is 0. The predicted octanol–water partition coefficient (Wildman–Crippen LogP) is 1.39. The maximum atomic E-state index is 12.7. The van der Waals surface area contributed by atoms with E-state index in [4.69, 9.17) is 5.11 Å². The molecule has 0 aliphatic heterocycles. The standard InChI is InChI=1S/C8H11FN2O2/c1-6(9)7-4-10-11(5-7)3-2-8(12)13/h4-6H,2-3H2,1H3,(H,12,13). The highest BCUT2D eigenvalue weighted by Gasteiger charge is 2.06. The van der Waals surface area contributed by atoms with E-state index in [9.17, 15) is 9.18 Å². The summed E-state index contributed by atoms with van der Waals surface area (Å²) in [6.45, 7) is 1.70. The lowest BCUT2D eigenvalue weighted by atomic mass is 10.2. The molecule has 0 spiro atoms. The molecule has 5 heteroatoms. The van der Waals surface area contributed by atoms with Crippen LogP contribution in [0.25, 0.3) is 0 Å². The summed E-state index contributed by atoms with van der Waals surface area (Å²) in [6.07, 6.45) is 1.88. The van der Waals surface area contributed by atoms with Gasteiger partial charge < -0.3 is 5.11 Å². The molecule has 0 saturated heterocycles. The Morgan fingerprint density at radius 1 is 1.85 bits per heavy atom. The van der Waals surface area contributed by atoms with Crippen molar-refractivity contribution >= 4 is 5.97 Å². The van der Waals surface area contributed by atoms with Gasteiger partial charge in [0.05, 0.1) is 19.2 Å². The normalized spacial score (nSPS) is 12.8. The number of carboxylic acids is 1. The van der Waals surface area contributed by atoms with Crippen molar-refractivity contribution in [3.05, 3.63) is 18.0 Å². The second-order valence-corrected chi connectivity index (χ2v) is 2.80. The average molecular weight is 186 g/mol. The zero-order valence-electron chi connectivity index (χ0n) is 7.27. The molecule has 0 bridgehead atoms. The fraction of sp³-hybridized carbons (Fsp3) is 0.500. The molecule has 0 saturated carbocycles. The fourth-order valence-corrected chi connectivity index (χ4v) is 0.917. The van der Waals surface area contributed by atoms with Gasteiger partial charge in [-0.1, -0.05) is 0 Å². The van der Waals surface area contributed by atoms with Crippen LogP contribution < -0.4 is 0 Å². The lowest BCUT2D eigenvalue weighted by molar-refractivity contribution is -0.137. The van der Waals surface area contributed by atoms with E-state index in [-0.39, 0.29) is 13.0 Å². The van der Waals surface area contributed by atoms with Gasteiger partial charge in [-0.05, 0) is 6.92 Å². The molecule has 1 heterocycles. The van der Waals surface area contributed by atoms with Gasteiger partial charge in [0, 0.05) is 11.8 Å². The first-order valence-corrected chi connectivity index (χ1v) is 3.98. The Bertz CT molecular complexity index is 296. The smallest absolute Gasteiger partial charge is 0.305 e. The lowest BCUT2D eigenvalue weighted by Crippen LogP contribution is -2.04. The van der Waals surface area contributed by atoms with Crippen LogP contribution in [0.5, 0.6) is 0 Å². The number of nitrogens with zero attached hydrogens (tertiary/aromatic N) is 2.